The Morgan fingerprint density at radius 1 is 1.44 bits per heavy atom. The van der Waals surface area contributed by atoms with Crippen LogP contribution in [0.1, 0.15) is 12.5 Å². The van der Waals surface area contributed by atoms with Crippen molar-refractivity contribution in [2.75, 3.05) is 17.7 Å². The SMILES string of the molecule is Cc1cc(Br)c2c(c1)S(=O)(=O)CC(C)N2C. The van der Waals surface area contributed by atoms with E-state index in [2.05, 4.69) is 15.9 Å². The molecule has 0 fully saturated rings. The number of sulfone groups is 1. The molecule has 1 heterocycles. The molecule has 2 rings (SSSR count). The highest BCUT2D eigenvalue weighted by Gasteiger charge is 2.33. The number of hydrogen-bond acceptors (Lipinski definition) is 3. The second kappa shape index (κ2) is 3.74. The molecule has 3 nitrogen and oxygen atoms in total. The Morgan fingerprint density at radius 3 is 2.69 bits per heavy atom. The monoisotopic (exact) mass is 303 g/mol. The summed E-state index contributed by atoms with van der Waals surface area (Å²) in [6.07, 6.45) is 0. The maximum absolute atomic E-state index is 12.1. The molecule has 0 saturated heterocycles. The lowest BCUT2D eigenvalue weighted by Gasteiger charge is -2.34. The van der Waals surface area contributed by atoms with Gasteiger partial charge in [0, 0.05) is 17.6 Å². The summed E-state index contributed by atoms with van der Waals surface area (Å²) >= 11 is 3.45. The lowest BCUT2D eigenvalue weighted by molar-refractivity contribution is 0.579. The van der Waals surface area contributed by atoms with E-state index in [1.54, 1.807) is 6.07 Å². The summed E-state index contributed by atoms with van der Waals surface area (Å²) in [6, 6.07) is 3.71. The van der Waals surface area contributed by atoms with Crippen molar-refractivity contribution < 1.29 is 8.42 Å². The fourth-order valence-electron chi connectivity index (χ4n) is 2.02. The molecule has 0 amide bonds. The molecule has 88 valence electrons. The molecule has 0 aromatic heterocycles. The zero-order chi connectivity index (χ0) is 12.1. The average molecular weight is 304 g/mol. The molecule has 0 radical (unpaired) electrons. The van der Waals surface area contributed by atoms with E-state index in [1.807, 2.05) is 31.9 Å². The van der Waals surface area contributed by atoms with Gasteiger partial charge in [-0.05, 0) is 47.5 Å². The highest BCUT2D eigenvalue weighted by Crippen LogP contribution is 2.39. The van der Waals surface area contributed by atoms with Crippen molar-refractivity contribution in [3.63, 3.8) is 0 Å². The largest absolute Gasteiger partial charge is 0.369 e. The van der Waals surface area contributed by atoms with Crippen LogP contribution in [0.3, 0.4) is 0 Å². The molecule has 0 spiro atoms. The Hall–Kier alpha value is -0.550. The molecule has 1 aliphatic rings. The first-order valence-electron chi connectivity index (χ1n) is 5.08. The fourth-order valence-corrected chi connectivity index (χ4v) is 4.96. The Balaban J connectivity index is 2.79. The Bertz CT molecular complexity index is 539. The number of aryl methyl sites for hydroxylation is 1. The normalized spacial score (nSPS) is 23.0. The summed E-state index contributed by atoms with van der Waals surface area (Å²) in [5.74, 6) is 0.187. The van der Waals surface area contributed by atoms with Crippen LogP contribution in [0.2, 0.25) is 0 Å². The van der Waals surface area contributed by atoms with Crippen LogP contribution in [0, 0.1) is 6.92 Å². The van der Waals surface area contributed by atoms with Crippen molar-refractivity contribution in [2.45, 2.75) is 24.8 Å². The third-order valence-electron chi connectivity index (χ3n) is 2.98. The van der Waals surface area contributed by atoms with Crippen molar-refractivity contribution >= 4 is 31.5 Å². The summed E-state index contributed by atoms with van der Waals surface area (Å²) in [6.45, 7) is 3.82. The van der Waals surface area contributed by atoms with E-state index >= 15 is 0 Å². The van der Waals surface area contributed by atoms with Crippen molar-refractivity contribution in [3.8, 4) is 0 Å². The zero-order valence-electron chi connectivity index (χ0n) is 9.49. The highest BCUT2D eigenvalue weighted by molar-refractivity contribution is 9.10. The first-order valence-corrected chi connectivity index (χ1v) is 7.53. The lowest BCUT2D eigenvalue weighted by atomic mass is 10.2. The molecule has 1 aromatic rings. The van der Waals surface area contributed by atoms with Gasteiger partial charge in [0.05, 0.1) is 16.3 Å². The molecular formula is C11H14BrNO2S. The van der Waals surface area contributed by atoms with Gasteiger partial charge in [-0.3, -0.25) is 0 Å². The van der Waals surface area contributed by atoms with Gasteiger partial charge in [-0.1, -0.05) is 0 Å². The third kappa shape index (κ3) is 1.76. The van der Waals surface area contributed by atoms with E-state index in [9.17, 15) is 8.42 Å². The Kier molecular flexibility index (Phi) is 2.78. The van der Waals surface area contributed by atoms with Gasteiger partial charge in [-0.25, -0.2) is 8.42 Å². The number of hydrogen-bond donors (Lipinski definition) is 0. The number of fused-ring (bicyclic) bond motifs is 1. The second-order valence-electron chi connectivity index (χ2n) is 4.33. The van der Waals surface area contributed by atoms with Crippen molar-refractivity contribution in [2.24, 2.45) is 0 Å². The van der Waals surface area contributed by atoms with E-state index in [4.69, 9.17) is 0 Å². The van der Waals surface area contributed by atoms with Crippen LogP contribution >= 0.6 is 15.9 Å². The molecule has 5 heteroatoms. The van der Waals surface area contributed by atoms with E-state index in [1.165, 1.54) is 0 Å². The van der Waals surface area contributed by atoms with Gasteiger partial charge < -0.3 is 4.90 Å². The fraction of sp³-hybridized carbons (Fsp3) is 0.455. The van der Waals surface area contributed by atoms with Gasteiger partial charge in [0.1, 0.15) is 0 Å². The van der Waals surface area contributed by atoms with Crippen LogP contribution < -0.4 is 4.90 Å². The predicted octanol–water partition coefficient (Wildman–Crippen LogP) is 2.37. The van der Waals surface area contributed by atoms with Gasteiger partial charge in [0.25, 0.3) is 0 Å². The van der Waals surface area contributed by atoms with Crippen LogP contribution in [0.25, 0.3) is 0 Å². The third-order valence-corrected chi connectivity index (χ3v) is 5.49. The molecule has 1 aromatic carbocycles. The van der Waals surface area contributed by atoms with Crippen LogP contribution in [-0.2, 0) is 9.84 Å². The minimum absolute atomic E-state index is 0.0107. The van der Waals surface area contributed by atoms with E-state index in [0.717, 1.165) is 15.7 Å². The van der Waals surface area contributed by atoms with E-state index in [-0.39, 0.29) is 11.8 Å². The summed E-state index contributed by atoms with van der Waals surface area (Å²) < 4.78 is 25.0. The molecule has 1 aliphatic heterocycles. The van der Waals surface area contributed by atoms with Crippen molar-refractivity contribution in [1.82, 2.24) is 0 Å². The van der Waals surface area contributed by atoms with Gasteiger partial charge >= 0.3 is 0 Å². The zero-order valence-corrected chi connectivity index (χ0v) is 11.9. The second-order valence-corrected chi connectivity index (χ2v) is 7.19. The molecule has 0 bridgehead atoms. The first-order chi connectivity index (χ1) is 7.33. The van der Waals surface area contributed by atoms with E-state index in [0.29, 0.717) is 4.90 Å². The molecule has 16 heavy (non-hydrogen) atoms. The van der Waals surface area contributed by atoms with Crippen LogP contribution in [0.15, 0.2) is 21.5 Å². The molecule has 1 atom stereocenters. The van der Waals surface area contributed by atoms with E-state index < -0.39 is 9.84 Å². The molecule has 0 saturated carbocycles. The van der Waals surface area contributed by atoms with Gasteiger partial charge in [-0.2, -0.15) is 0 Å². The Labute approximate surface area is 105 Å². The van der Waals surface area contributed by atoms with Crippen LogP contribution in [0.5, 0.6) is 0 Å². The number of rotatable bonds is 0. The summed E-state index contributed by atoms with van der Waals surface area (Å²) in [5, 5.41) is 0. The summed E-state index contributed by atoms with van der Waals surface area (Å²) in [5.41, 5.74) is 1.74. The minimum Gasteiger partial charge on any atom is -0.369 e. The quantitative estimate of drug-likeness (QED) is 0.738. The van der Waals surface area contributed by atoms with Gasteiger partial charge in [-0.15, -0.1) is 0 Å². The number of benzene rings is 1. The molecule has 0 N–H and O–H groups in total. The molecular weight excluding hydrogens is 290 g/mol. The molecule has 1 unspecified atom stereocenters. The predicted molar refractivity (Wildman–Crippen MR) is 68.8 cm³/mol. The summed E-state index contributed by atoms with van der Waals surface area (Å²) in [4.78, 5) is 2.46. The van der Waals surface area contributed by atoms with Crippen LogP contribution in [0.4, 0.5) is 5.69 Å². The highest BCUT2D eigenvalue weighted by atomic mass is 79.9. The number of anilines is 1. The van der Waals surface area contributed by atoms with Crippen LogP contribution in [-0.4, -0.2) is 27.3 Å². The smallest absolute Gasteiger partial charge is 0.182 e. The number of halogens is 1. The minimum atomic E-state index is -3.14. The molecule has 0 aliphatic carbocycles. The lowest BCUT2D eigenvalue weighted by Crippen LogP contribution is -2.40. The maximum Gasteiger partial charge on any atom is 0.182 e. The topological polar surface area (TPSA) is 37.4 Å². The van der Waals surface area contributed by atoms with Crippen molar-refractivity contribution in [1.29, 1.82) is 0 Å². The van der Waals surface area contributed by atoms with Gasteiger partial charge in [0.2, 0.25) is 0 Å². The maximum atomic E-state index is 12.1. The van der Waals surface area contributed by atoms with Gasteiger partial charge in [0.15, 0.2) is 9.84 Å². The van der Waals surface area contributed by atoms with Crippen molar-refractivity contribution in [3.05, 3.63) is 22.2 Å². The standard InChI is InChI=1S/C11H14BrNO2S/c1-7-4-9(12)11-10(5-7)16(14,15)6-8(2)13(11)3/h4-5,8H,6H2,1-3H3. The average Bonchev–Trinajstić information content (AvgIpc) is 2.13. The number of nitrogens with zero attached hydrogens (tertiary/aromatic N) is 1. The first kappa shape index (κ1) is 11.9. The summed E-state index contributed by atoms with van der Waals surface area (Å²) in [7, 11) is -1.21. The Morgan fingerprint density at radius 2 is 2.06 bits per heavy atom.